The molecule has 2 heterocycles. The Hall–Kier alpha value is -3.65. The number of nitrogens with zero attached hydrogens (tertiary/aromatic N) is 1. The van der Waals surface area contributed by atoms with Crippen LogP contribution in [0.3, 0.4) is 0 Å². The van der Waals surface area contributed by atoms with Crippen molar-refractivity contribution in [2.24, 2.45) is 0 Å². The average Bonchev–Trinajstić information content (AvgIpc) is 2.73. The van der Waals surface area contributed by atoms with E-state index in [1.165, 1.54) is 30.5 Å². The van der Waals surface area contributed by atoms with Gasteiger partial charge in [0.1, 0.15) is 29.1 Å². The fourth-order valence-corrected chi connectivity index (χ4v) is 4.14. The Labute approximate surface area is 190 Å². The molecule has 0 fully saturated rings. The van der Waals surface area contributed by atoms with E-state index in [4.69, 9.17) is 9.15 Å². The number of benzene rings is 1. The number of fused-ring (bicyclic) bond motifs is 3. The Morgan fingerprint density at radius 2 is 1.97 bits per heavy atom. The van der Waals surface area contributed by atoms with E-state index in [2.05, 4.69) is 4.84 Å². The molecule has 0 saturated carbocycles. The summed E-state index contributed by atoms with van der Waals surface area (Å²) in [5.41, 5.74) is 1.63. The van der Waals surface area contributed by atoms with Gasteiger partial charge in [-0.15, -0.1) is 10.1 Å². The molecule has 2 unspecified atom stereocenters. The Balaban J connectivity index is 1.85. The molecule has 4 rings (SSSR count). The first-order valence-corrected chi connectivity index (χ1v) is 10.6. The van der Waals surface area contributed by atoms with Crippen molar-refractivity contribution < 1.29 is 24.2 Å². The van der Waals surface area contributed by atoms with E-state index in [1.54, 1.807) is 0 Å². The van der Waals surface area contributed by atoms with E-state index in [-0.39, 0.29) is 34.0 Å². The number of ether oxygens (including phenoxy) is 1. The highest BCUT2D eigenvalue weighted by Gasteiger charge is 2.43. The van der Waals surface area contributed by atoms with Crippen LogP contribution < -0.4 is 10.3 Å². The second-order valence-corrected chi connectivity index (χ2v) is 8.94. The van der Waals surface area contributed by atoms with Crippen molar-refractivity contribution in [1.29, 1.82) is 0 Å². The quantitative estimate of drug-likeness (QED) is 0.371. The van der Waals surface area contributed by atoms with Crippen molar-refractivity contribution in [3.05, 3.63) is 91.6 Å². The van der Waals surface area contributed by atoms with E-state index >= 15 is 0 Å². The van der Waals surface area contributed by atoms with E-state index < -0.39 is 16.8 Å². The maximum absolute atomic E-state index is 13.5. The fourth-order valence-electron chi connectivity index (χ4n) is 4.14. The highest BCUT2D eigenvalue weighted by Crippen LogP contribution is 2.45. The Morgan fingerprint density at radius 1 is 1.27 bits per heavy atom. The molecule has 2 aromatic rings. The first-order chi connectivity index (χ1) is 15.6. The standard InChI is InChI=1S/C25H25NO7/c1-14(2)5-10-17-21(27)20-22(28)19(15-6-8-16(9-7-15)33-26(29)30)13-31-24(20)18-11-12-25(3,4)32-23(17)18/h5-9,11-13,18,23,27H,10H2,1-4H3. The lowest BCUT2D eigenvalue weighted by atomic mass is 9.78. The summed E-state index contributed by atoms with van der Waals surface area (Å²) in [6.45, 7) is 7.82. The molecule has 1 aliphatic carbocycles. The zero-order valence-electron chi connectivity index (χ0n) is 18.8. The van der Waals surface area contributed by atoms with Gasteiger partial charge in [0.2, 0.25) is 5.43 Å². The van der Waals surface area contributed by atoms with Crippen LogP contribution in [0.2, 0.25) is 0 Å². The third kappa shape index (κ3) is 4.34. The molecule has 172 valence electrons. The molecule has 2 atom stereocenters. The lowest BCUT2D eigenvalue weighted by Gasteiger charge is -2.40. The van der Waals surface area contributed by atoms with Gasteiger partial charge < -0.3 is 14.3 Å². The summed E-state index contributed by atoms with van der Waals surface area (Å²) < 4.78 is 12.2. The van der Waals surface area contributed by atoms with Gasteiger partial charge in [0.25, 0.3) is 5.09 Å². The summed E-state index contributed by atoms with van der Waals surface area (Å²) in [6.07, 6.45) is 7.22. The van der Waals surface area contributed by atoms with Gasteiger partial charge in [-0.3, -0.25) is 9.63 Å². The first kappa shape index (κ1) is 22.5. The molecule has 33 heavy (non-hydrogen) atoms. The van der Waals surface area contributed by atoms with Gasteiger partial charge >= 0.3 is 0 Å². The monoisotopic (exact) mass is 451 g/mol. The van der Waals surface area contributed by atoms with Gasteiger partial charge in [0.05, 0.1) is 23.2 Å². The minimum Gasteiger partial charge on any atom is -0.507 e. The highest BCUT2D eigenvalue weighted by atomic mass is 17.0. The van der Waals surface area contributed by atoms with Gasteiger partial charge in [-0.05, 0) is 51.8 Å². The van der Waals surface area contributed by atoms with Crippen molar-refractivity contribution in [3.63, 3.8) is 0 Å². The number of aliphatic hydroxyl groups is 1. The molecule has 8 nitrogen and oxygen atoms in total. The van der Waals surface area contributed by atoms with Gasteiger partial charge in [0, 0.05) is 5.57 Å². The molecule has 2 aliphatic rings. The summed E-state index contributed by atoms with van der Waals surface area (Å²) in [5.74, 6) is -0.0825. The van der Waals surface area contributed by atoms with Crippen molar-refractivity contribution in [2.45, 2.75) is 51.7 Å². The number of hydrogen-bond acceptors (Lipinski definition) is 7. The van der Waals surface area contributed by atoms with Crippen molar-refractivity contribution in [3.8, 4) is 16.9 Å². The Kier molecular flexibility index (Phi) is 5.71. The number of rotatable bonds is 5. The molecule has 1 N–H and O–H groups in total. The van der Waals surface area contributed by atoms with Crippen LogP contribution in [0.15, 0.2) is 69.1 Å². The van der Waals surface area contributed by atoms with Crippen LogP contribution in [0.5, 0.6) is 5.75 Å². The number of hydrogen-bond donors (Lipinski definition) is 1. The predicted octanol–water partition coefficient (Wildman–Crippen LogP) is 5.33. The van der Waals surface area contributed by atoms with Crippen LogP contribution in [0.25, 0.3) is 16.9 Å². The summed E-state index contributed by atoms with van der Waals surface area (Å²) >= 11 is 0. The molecule has 0 radical (unpaired) electrons. The van der Waals surface area contributed by atoms with Crippen LogP contribution in [-0.4, -0.2) is 21.9 Å². The van der Waals surface area contributed by atoms with Crippen LogP contribution in [-0.2, 0) is 4.74 Å². The van der Waals surface area contributed by atoms with Crippen molar-refractivity contribution in [1.82, 2.24) is 0 Å². The number of allylic oxidation sites excluding steroid dienone is 2. The van der Waals surface area contributed by atoms with E-state index in [0.717, 1.165) is 5.57 Å². The minimum absolute atomic E-state index is 0.0350. The molecule has 0 saturated heterocycles. The van der Waals surface area contributed by atoms with Gasteiger partial charge in [-0.2, -0.15) is 0 Å². The SMILES string of the molecule is CC(C)=CCC1=C(O)c2c(occ(-c3ccc(O[N+](=O)[O-])cc3)c2=O)C2C=CC(C)(C)OC12. The Morgan fingerprint density at radius 3 is 2.61 bits per heavy atom. The fraction of sp³-hybridized carbons (Fsp3) is 0.320. The van der Waals surface area contributed by atoms with E-state index in [9.17, 15) is 20.0 Å². The van der Waals surface area contributed by atoms with E-state index in [0.29, 0.717) is 23.3 Å². The molecular weight excluding hydrogens is 426 g/mol. The van der Waals surface area contributed by atoms with Crippen molar-refractivity contribution in [2.75, 3.05) is 0 Å². The smallest absolute Gasteiger partial charge is 0.299 e. The number of aliphatic hydroxyl groups excluding tert-OH is 1. The molecule has 1 aromatic heterocycles. The second kappa shape index (κ2) is 8.37. The Bertz CT molecular complexity index is 1240. The molecule has 0 amide bonds. The lowest BCUT2D eigenvalue weighted by Crippen LogP contribution is -2.40. The molecule has 1 aromatic carbocycles. The maximum Gasteiger partial charge on any atom is 0.299 e. The summed E-state index contributed by atoms with van der Waals surface area (Å²) in [5, 5.41) is 20.8. The van der Waals surface area contributed by atoms with Crippen LogP contribution in [0, 0.1) is 10.1 Å². The van der Waals surface area contributed by atoms with Gasteiger partial charge in [0.15, 0.2) is 0 Å². The topological polar surface area (TPSA) is 112 Å². The maximum atomic E-state index is 13.5. The van der Waals surface area contributed by atoms with Crippen LogP contribution in [0.4, 0.5) is 0 Å². The molecular formula is C25H25NO7. The summed E-state index contributed by atoms with van der Waals surface area (Å²) in [6, 6.07) is 5.84. The van der Waals surface area contributed by atoms with Crippen molar-refractivity contribution >= 4 is 5.76 Å². The minimum atomic E-state index is -0.906. The molecule has 1 aliphatic heterocycles. The summed E-state index contributed by atoms with van der Waals surface area (Å²) in [7, 11) is 0. The zero-order valence-corrected chi connectivity index (χ0v) is 18.8. The third-order valence-electron chi connectivity index (χ3n) is 5.75. The van der Waals surface area contributed by atoms with E-state index in [1.807, 2.05) is 45.9 Å². The molecule has 0 spiro atoms. The lowest BCUT2D eigenvalue weighted by molar-refractivity contribution is -0.711. The first-order valence-electron chi connectivity index (χ1n) is 10.6. The largest absolute Gasteiger partial charge is 0.507 e. The predicted molar refractivity (Wildman–Crippen MR) is 122 cm³/mol. The average molecular weight is 451 g/mol. The normalized spacial score (nSPS) is 20.6. The highest BCUT2D eigenvalue weighted by molar-refractivity contribution is 5.74. The van der Waals surface area contributed by atoms with Crippen LogP contribution >= 0.6 is 0 Å². The van der Waals surface area contributed by atoms with Gasteiger partial charge in [-0.1, -0.05) is 35.9 Å². The van der Waals surface area contributed by atoms with Crippen LogP contribution in [0.1, 0.15) is 51.4 Å². The molecule has 0 bridgehead atoms. The van der Waals surface area contributed by atoms with Gasteiger partial charge in [-0.25, -0.2) is 0 Å². The summed E-state index contributed by atoms with van der Waals surface area (Å²) in [4.78, 5) is 28.4. The second-order valence-electron chi connectivity index (χ2n) is 8.94. The zero-order chi connectivity index (χ0) is 23.9. The molecule has 8 heteroatoms. The third-order valence-corrected chi connectivity index (χ3v) is 5.75.